The molecule has 0 aliphatic heterocycles. The third-order valence-corrected chi connectivity index (χ3v) is 3.91. The van der Waals surface area contributed by atoms with E-state index in [2.05, 4.69) is 10.6 Å². The van der Waals surface area contributed by atoms with Gasteiger partial charge in [-0.1, -0.05) is 31.0 Å². The van der Waals surface area contributed by atoms with E-state index in [1.807, 2.05) is 31.2 Å². The zero-order chi connectivity index (χ0) is 13.7. The SMILES string of the molecule is Cc1ccccc1NC(=O)CNC1(CO)CCCC1. The van der Waals surface area contributed by atoms with Crippen molar-refractivity contribution in [1.82, 2.24) is 5.32 Å². The molecule has 1 saturated carbocycles. The number of aliphatic hydroxyl groups excluding tert-OH is 1. The van der Waals surface area contributed by atoms with Gasteiger partial charge in [-0.15, -0.1) is 0 Å². The van der Waals surface area contributed by atoms with Crippen molar-refractivity contribution in [1.29, 1.82) is 0 Å². The van der Waals surface area contributed by atoms with Crippen LogP contribution in [0.15, 0.2) is 24.3 Å². The van der Waals surface area contributed by atoms with Crippen molar-refractivity contribution in [2.24, 2.45) is 0 Å². The second-order valence-corrected chi connectivity index (χ2v) is 5.36. The smallest absolute Gasteiger partial charge is 0.238 e. The Kier molecular flexibility index (Phi) is 4.56. The van der Waals surface area contributed by atoms with Crippen molar-refractivity contribution in [3.05, 3.63) is 29.8 Å². The largest absolute Gasteiger partial charge is 0.394 e. The zero-order valence-corrected chi connectivity index (χ0v) is 11.4. The van der Waals surface area contributed by atoms with Gasteiger partial charge in [-0.3, -0.25) is 4.79 Å². The predicted molar refractivity (Wildman–Crippen MR) is 76.1 cm³/mol. The van der Waals surface area contributed by atoms with Crippen LogP contribution < -0.4 is 10.6 Å². The third-order valence-electron chi connectivity index (χ3n) is 3.91. The van der Waals surface area contributed by atoms with Crippen LogP contribution in [0.4, 0.5) is 5.69 Å². The molecule has 104 valence electrons. The van der Waals surface area contributed by atoms with Gasteiger partial charge in [-0.2, -0.15) is 0 Å². The van der Waals surface area contributed by atoms with Crippen molar-refractivity contribution < 1.29 is 9.90 Å². The molecule has 1 aliphatic carbocycles. The normalized spacial score (nSPS) is 17.4. The van der Waals surface area contributed by atoms with E-state index in [0.29, 0.717) is 0 Å². The van der Waals surface area contributed by atoms with Crippen LogP contribution >= 0.6 is 0 Å². The van der Waals surface area contributed by atoms with Crippen LogP contribution in [-0.4, -0.2) is 29.7 Å². The molecule has 1 aromatic carbocycles. The second-order valence-electron chi connectivity index (χ2n) is 5.36. The second kappa shape index (κ2) is 6.17. The molecule has 0 aromatic heterocycles. The van der Waals surface area contributed by atoms with Crippen molar-refractivity contribution in [3.63, 3.8) is 0 Å². The summed E-state index contributed by atoms with van der Waals surface area (Å²) in [6.45, 7) is 2.31. The molecule has 0 heterocycles. The molecular formula is C15H22N2O2. The van der Waals surface area contributed by atoms with E-state index in [9.17, 15) is 9.90 Å². The minimum Gasteiger partial charge on any atom is -0.394 e. The fraction of sp³-hybridized carbons (Fsp3) is 0.533. The molecule has 0 radical (unpaired) electrons. The average Bonchev–Trinajstić information content (AvgIpc) is 2.89. The lowest BCUT2D eigenvalue weighted by molar-refractivity contribution is -0.115. The number of nitrogens with one attached hydrogen (secondary N) is 2. The lowest BCUT2D eigenvalue weighted by Crippen LogP contribution is -2.49. The summed E-state index contributed by atoms with van der Waals surface area (Å²) in [5.74, 6) is -0.0611. The van der Waals surface area contributed by atoms with Gasteiger partial charge >= 0.3 is 0 Å². The molecule has 2 rings (SSSR count). The van der Waals surface area contributed by atoms with Crippen LogP contribution in [0.1, 0.15) is 31.2 Å². The Balaban J connectivity index is 1.86. The summed E-state index contributed by atoms with van der Waals surface area (Å²) in [5.41, 5.74) is 1.65. The number of aryl methyl sites for hydroxylation is 1. The lowest BCUT2D eigenvalue weighted by atomic mass is 9.99. The van der Waals surface area contributed by atoms with E-state index in [0.717, 1.165) is 36.9 Å². The number of para-hydroxylation sites is 1. The van der Waals surface area contributed by atoms with E-state index in [-0.39, 0.29) is 24.6 Å². The van der Waals surface area contributed by atoms with Crippen LogP contribution in [0.5, 0.6) is 0 Å². The number of rotatable bonds is 5. The van der Waals surface area contributed by atoms with E-state index >= 15 is 0 Å². The molecular weight excluding hydrogens is 240 g/mol. The number of benzene rings is 1. The summed E-state index contributed by atoms with van der Waals surface area (Å²) < 4.78 is 0. The van der Waals surface area contributed by atoms with Crippen LogP contribution in [-0.2, 0) is 4.79 Å². The van der Waals surface area contributed by atoms with Gasteiger partial charge in [0.15, 0.2) is 0 Å². The lowest BCUT2D eigenvalue weighted by Gasteiger charge is -2.27. The van der Waals surface area contributed by atoms with E-state index in [4.69, 9.17) is 0 Å². The highest BCUT2D eigenvalue weighted by atomic mass is 16.3. The molecule has 1 aliphatic rings. The van der Waals surface area contributed by atoms with Crippen LogP contribution in [0.25, 0.3) is 0 Å². The van der Waals surface area contributed by atoms with Gasteiger partial charge in [0.05, 0.1) is 13.2 Å². The summed E-state index contributed by atoms with van der Waals surface area (Å²) in [6.07, 6.45) is 4.13. The molecule has 0 saturated heterocycles. The first-order valence-electron chi connectivity index (χ1n) is 6.87. The molecule has 1 fully saturated rings. The van der Waals surface area contributed by atoms with Gasteiger partial charge < -0.3 is 15.7 Å². The summed E-state index contributed by atoms with van der Waals surface area (Å²) >= 11 is 0. The highest BCUT2D eigenvalue weighted by molar-refractivity contribution is 5.92. The summed E-state index contributed by atoms with van der Waals surface area (Å²) in [5, 5.41) is 15.6. The first kappa shape index (κ1) is 14.0. The molecule has 0 unspecified atom stereocenters. The predicted octanol–water partition coefficient (Wildman–Crippen LogP) is 1.83. The maximum Gasteiger partial charge on any atom is 0.238 e. The minimum absolute atomic E-state index is 0.0611. The number of hydrogen-bond acceptors (Lipinski definition) is 3. The van der Waals surface area contributed by atoms with Crippen LogP contribution in [0.2, 0.25) is 0 Å². The first-order chi connectivity index (χ1) is 9.15. The topological polar surface area (TPSA) is 61.4 Å². The Hall–Kier alpha value is -1.39. The number of hydrogen-bond donors (Lipinski definition) is 3. The highest BCUT2D eigenvalue weighted by Gasteiger charge is 2.32. The van der Waals surface area contributed by atoms with Crippen molar-refractivity contribution >= 4 is 11.6 Å². The average molecular weight is 262 g/mol. The third kappa shape index (κ3) is 3.55. The molecule has 0 atom stereocenters. The molecule has 1 aromatic rings. The van der Waals surface area contributed by atoms with Crippen LogP contribution in [0, 0.1) is 6.92 Å². The quantitative estimate of drug-likeness (QED) is 0.758. The maximum absolute atomic E-state index is 11.9. The Morgan fingerprint density at radius 3 is 2.63 bits per heavy atom. The monoisotopic (exact) mass is 262 g/mol. The van der Waals surface area contributed by atoms with Gasteiger partial charge in [0.2, 0.25) is 5.91 Å². The van der Waals surface area contributed by atoms with Gasteiger partial charge in [0.1, 0.15) is 0 Å². The van der Waals surface area contributed by atoms with Gasteiger partial charge in [-0.05, 0) is 31.4 Å². The zero-order valence-electron chi connectivity index (χ0n) is 11.4. The number of anilines is 1. The first-order valence-corrected chi connectivity index (χ1v) is 6.87. The summed E-state index contributed by atoms with van der Waals surface area (Å²) in [4.78, 5) is 11.9. The Bertz CT molecular complexity index is 440. The molecule has 19 heavy (non-hydrogen) atoms. The van der Waals surface area contributed by atoms with Gasteiger partial charge in [0, 0.05) is 11.2 Å². The Labute approximate surface area is 114 Å². The van der Waals surface area contributed by atoms with E-state index in [1.54, 1.807) is 0 Å². The minimum atomic E-state index is -0.247. The summed E-state index contributed by atoms with van der Waals surface area (Å²) in [6, 6.07) is 7.71. The number of amides is 1. The molecule has 0 spiro atoms. The van der Waals surface area contributed by atoms with Crippen molar-refractivity contribution in [3.8, 4) is 0 Å². The fourth-order valence-electron chi connectivity index (χ4n) is 2.62. The van der Waals surface area contributed by atoms with Crippen molar-refractivity contribution in [2.45, 2.75) is 38.1 Å². The molecule has 4 nitrogen and oxygen atoms in total. The number of aliphatic hydroxyl groups is 1. The van der Waals surface area contributed by atoms with Crippen molar-refractivity contribution in [2.75, 3.05) is 18.5 Å². The Morgan fingerprint density at radius 2 is 2.00 bits per heavy atom. The highest BCUT2D eigenvalue weighted by Crippen LogP contribution is 2.28. The Morgan fingerprint density at radius 1 is 1.32 bits per heavy atom. The number of carbonyl (C=O) groups is 1. The molecule has 1 amide bonds. The van der Waals surface area contributed by atoms with Crippen LogP contribution in [0.3, 0.4) is 0 Å². The molecule has 3 N–H and O–H groups in total. The maximum atomic E-state index is 11.9. The van der Waals surface area contributed by atoms with Gasteiger partial charge in [0.25, 0.3) is 0 Å². The summed E-state index contributed by atoms with van der Waals surface area (Å²) in [7, 11) is 0. The van der Waals surface area contributed by atoms with Gasteiger partial charge in [-0.25, -0.2) is 0 Å². The van der Waals surface area contributed by atoms with E-state index < -0.39 is 0 Å². The fourth-order valence-corrected chi connectivity index (χ4v) is 2.62. The number of carbonyl (C=O) groups excluding carboxylic acids is 1. The molecule has 4 heteroatoms. The standard InChI is InChI=1S/C15H22N2O2/c1-12-6-2-3-7-13(12)17-14(19)10-16-15(11-18)8-4-5-9-15/h2-3,6-7,16,18H,4-5,8-11H2,1H3,(H,17,19). The van der Waals surface area contributed by atoms with E-state index in [1.165, 1.54) is 0 Å². The molecule has 0 bridgehead atoms.